The Bertz CT molecular complexity index is 486. The van der Waals surface area contributed by atoms with E-state index in [-0.39, 0.29) is 0 Å². The van der Waals surface area contributed by atoms with Crippen molar-refractivity contribution in [3.8, 4) is 18.1 Å². The Kier molecular flexibility index (Phi) is 4.25. The SMILES string of the molecule is C#CCN1CCC(NC2CCOc3ccccc32)CC1. The minimum Gasteiger partial charge on any atom is -0.493 e. The third-order valence-corrected chi connectivity index (χ3v) is 4.30. The third kappa shape index (κ3) is 2.98. The largest absolute Gasteiger partial charge is 0.493 e. The Labute approximate surface area is 121 Å². The molecule has 1 aromatic carbocycles. The first-order valence-corrected chi connectivity index (χ1v) is 7.50. The average Bonchev–Trinajstić information content (AvgIpc) is 2.50. The van der Waals surface area contributed by atoms with Crippen molar-refractivity contribution in [1.82, 2.24) is 10.2 Å². The van der Waals surface area contributed by atoms with Crippen LogP contribution < -0.4 is 10.1 Å². The van der Waals surface area contributed by atoms with Crippen LogP contribution in [0.3, 0.4) is 0 Å². The highest BCUT2D eigenvalue weighted by atomic mass is 16.5. The molecule has 1 fully saturated rings. The van der Waals surface area contributed by atoms with Crippen LogP contribution in [0.4, 0.5) is 0 Å². The van der Waals surface area contributed by atoms with E-state index in [1.807, 2.05) is 6.07 Å². The molecular weight excluding hydrogens is 248 g/mol. The summed E-state index contributed by atoms with van der Waals surface area (Å²) in [6.07, 6.45) is 8.80. The second-order valence-electron chi connectivity index (χ2n) is 5.65. The Morgan fingerprint density at radius 1 is 1.25 bits per heavy atom. The van der Waals surface area contributed by atoms with Gasteiger partial charge in [0, 0.05) is 37.2 Å². The van der Waals surface area contributed by atoms with Gasteiger partial charge in [-0.05, 0) is 18.9 Å². The van der Waals surface area contributed by atoms with Gasteiger partial charge in [-0.15, -0.1) is 6.42 Å². The quantitative estimate of drug-likeness (QED) is 0.852. The van der Waals surface area contributed by atoms with Gasteiger partial charge in [0.1, 0.15) is 5.75 Å². The van der Waals surface area contributed by atoms with Gasteiger partial charge in [0.05, 0.1) is 13.2 Å². The van der Waals surface area contributed by atoms with Gasteiger partial charge in [-0.3, -0.25) is 4.90 Å². The Balaban J connectivity index is 1.59. The summed E-state index contributed by atoms with van der Waals surface area (Å²) >= 11 is 0. The number of hydrogen-bond acceptors (Lipinski definition) is 3. The number of para-hydroxylation sites is 1. The van der Waals surface area contributed by atoms with Crippen molar-refractivity contribution in [3.63, 3.8) is 0 Å². The van der Waals surface area contributed by atoms with Crippen LogP contribution in [0.15, 0.2) is 24.3 Å². The van der Waals surface area contributed by atoms with E-state index in [0.717, 1.165) is 38.4 Å². The fraction of sp³-hybridized carbons (Fsp3) is 0.529. The molecule has 1 N–H and O–H groups in total. The maximum atomic E-state index is 5.72. The summed E-state index contributed by atoms with van der Waals surface area (Å²) in [6.45, 7) is 3.80. The highest BCUT2D eigenvalue weighted by Crippen LogP contribution is 2.32. The Morgan fingerprint density at radius 2 is 2.05 bits per heavy atom. The van der Waals surface area contributed by atoms with Crippen molar-refractivity contribution in [2.75, 3.05) is 26.2 Å². The van der Waals surface area contributed by atoms with Crippen LogP contribution in [-0.2, 0) is 0 Å². The highest BCUT2D eigenvalue weighted by Gasteiger charge is 2.25. The Hall–Kier alpha value is -1.50. The van der Waals surface area contributed by atoms with Crippen molar-refractivity contribution in [2.45, 2.75) is 31.3 Å². The summed E-state index contributed by atoms with van der Waals surface area (Å²) in [7, 11) is 0. The van der Waals surface area contributed by atoms with Gasteiger partial charge < -0.3 is 10.1 Å². The molecule has 2 heterocycles. The average molecular weight is 270 g/mol. The predicted molar refractivity (Wildman–Crippen MR) is 80.7 cm³/mol. The summed E-state index contributed by atoms with van der Waals surface area (Å²) in [4.78, 5) is 2.36. The fourth-order valence-electron chi connectivity index (χ4n) is 3.19. The highest BCUT2D eigenvalue weighted by molar-refractivity contribution is 5.37. The molecular formula is C17H22N2O. The third-order valence-electron chi connectivity index (χ3n) is 4.30. The van der Waals surface area contributed by atoms with E-state index < -0.39 is 0 Å². The Morgan fingerprint density at radius 3 is 2.85 bits per heavy atom. The number of nitrogens with one attached hydrogen (secondary N) is 1. The normalized spacial score (nSPS) is 23.6. The number of likely N-dealkylation sites (tertiary alicyclic amines) is 1. The fourth-order valence-corrected chi connectivity index (χ4v) is 3.19. The first-order chi connectivity index (χ1) is 9.86. The second kappa shape index (κ2) is 6.30. The summed E-state index contributed by atoms with van der Waals surface area (Å²) in [5.74, 6) is 3.78. The molecule has 3 rings (SSSR count). The minimum absolute atomic E-state index is 0.434. The van der Waals surface area contributed by atoms with E-state index >= 15 is 0 Å². The van der Waals surface area contributed by atoms with Crippen molar-refractivity contribution in [1.29, 1.82) is 0 Å². The molecule has 2 aliphatic heterocycles. The first kappa shape index (κ1) is 13.5. The van der Waals surface area contributed by atoms with Gasteiger partial charge >= 0.3 is 0 Å². The van der Waals surface area contributed by atoms with Crippen LogP contribution in [0.25, 0.3) is 0 Å². The lowest BCUT2D eigenvalue weighted by Gasteiger charge is -2.35. The monoisotopic (exact) mass is 270 g/mol. The molecule has 106 valence electrons. The summed E-state index contributed by atoms with van der Waals surface area (Å²) in [5.41, 5.74) is 1.31. The van der Waals surface area contributed by atoms with Crippen LogP contribution in [0.2, 0.25) is 0 Å². The number of fused-ring (bicyclic) bond motifs is 1. The van der Waals surface area contributed by atoms with Gasteiger partial charge in [-0.25, -0.2) is 0 Å². The molecule has 0 aromatic heterocycles. The molecule has 3 nitrogen and oxygen atoms in total. The van der Waals surface area contributed by atoms with Crippen molar-refractivity contribution in [2.24, 2.45) is 0 Å². The molecule has 2 aliphatic rings. The molecule has 1 aromatic rings. The van der Waals surface area contributed by atoms with Crippen LogP contribution in [-0.4, -0.2) is 37.2 Å². The molecule has 0 aliphatic carbocycles. The van der Waals surface area contributed by atoms with Crippen molar-refractivity contribution < 1.29 is 4.74 Å². The zero-order chi connectivity index (χ0) is 13.8. The van der Waals surface area contributed by atoms with E-state index in [4.69, 9.17) is 11.2 Å². The molecule has 1 atom stereocenters. The van der Waals surface area contributed by atoms with Crippen molar-refractivity contribution in [3.05, 3.63) is 29.8 Å². The van der Waals surface area contributed by atoms with Crippen LogP contribution in [0, 0.1) is 12.3 Å². The summed E-state index contributed by atoms with van der Waals surface area (Å²) < 4.78 is 5.72. The zero-order valence-electron chi connectivity index (χ0n) is 11.8. The number of benzene rings is 1. The molecule has 0 spiro atoms. The van der Waals surface area contributed by atoms with E-state index in [1.54, 1.807) is 0 Å². The van der Waals surface area contributed by atoms with E-state index in [0.29, 0.717) is 12.1 Å². The first-order valence-electron chi connectivity index (χ1n) is 7.50. The number of terminal acetylenes is 1. The summed E-state index contributed by atoms with van der Waals surface area (Å²) in [6, 6.07) is 9.42. The van der Waals surface area contributed by atoms with Crippen LogP contribution in [0.1, 0.15) is 30.9 Å². The topological polar surface area (TPSA) is 24.5 Å². The molecule has 0 saturated carbocycles. The van der Waals surface area contributed by atoms with Gasteiger partial charge in [-0.2, -0.15) is 0 Å². The van der Waals surface area contributed by atoms with Gasteiger partial charge in [0.15, 0.2) is 0 Å². The molecule has 1 saturated heterocycles. The number of rotatable bonds is 3. The second-order valence-corrected chi connectivity index (χ2v) is 5.65. The number of hydrogen-bond donors (Lipinski definition) is 1. The van der Waals surface area contributed by atoms with E-state index in [1.165, 1.54) is 18.4 Å². The molecule has 3 heteroatoms. The number of ether oxygens (including phenoxy) is 1. The molecule has 20 heavy (non-hydrogen) atoms. The lowest BCUT2D eigenvalue weighted by atomic mass is 9.97. The zero-order valence-corrected chi connectivity index (χ0v) is 11.8. The minimum atomic E-state index is 0.434. The molecule has 1 unspecified atom stereocenters. The van der Waals surface area contributed by atoms with E-state index in [9.17, 15) is 0 Å². The van der Waals surface area contributed by atoms with Gasteiger partial charge in [0.25, 0.3) is 0 Å². The lowest BCUT2D eigenvalue weighted by molar-refractivity contribution is 0.191. The van der Waals surface area contributed by atoms with Crippen LogP contribution in [0.5, 0.6) is 5.75 Å². The molecule has 0 amide bonds. The van der Waals surface area contributed by atoms with Gasteiger partial charge in [0.2, 0.25) is 0 Å². The number of piperidine rings is 1. The maximum absolute atomic E-state index is 5.72. The summed E-state index contributed by atoms with van der Waals surface area (Å²) in [5, 5.41) is 3.82. The van der Waals surface area contributed by atoms with Crippen molar-refractivity contribution >= 4 is 0 Å². The molecule has 0 radical (unpaired) electrons. The lowest BCUT2D eigenvalue weighted by Crippen LogP contribution is -2.44. The predicted octanol–water partition coefficient (Wildman–Crippen LogP) is 2.20. The smallest absolute Gasteiger partial charge is 0.124 e. The molecule has 0 bridgehead atoms. The van der Waals surface area contributed by atoms with E-state index in [2.05, 4.69) is 34.3 Å². The number of nitrogens with zero attached hydrogens (tertiary/aromatic N) is 1. The maximum Gasteiger partial charge on any atom is 0.124 e. The van der Waals surface area contributed by atoms with Gasteiger partial charge in [-0.1, -0.05) is 24.1 Å². The standard InChI is InChI=1S/C17H22N2O/c1-2-10-19-11-7-14(8-12-19)18-16-9-13-20-17-6-4-3-5-15(16)17/h1,3-6,14,16,18H,7-13H2. The van der Waals surface area contributed by atoms with Crippen LogP contribution >= 0.6 is 0 Å².